The van der Waals surface area contributed by atoms with Crippen LogP contribution >= 0.6 is 11.3 Å². The van der Waals surface area contributed by atoms with Crippen molar-refractivity contribution in [2.45, 2.75) is 0 Å². The lowest BCUT2D eigenvalue weighted by molar-refractivity contribution is 0.585. The normalized spacial score (nSPS) is 10.9. The Morgan fingerprint density at radius 2 is 1.73 bits per heavy atom. The average molecular weight is 373 g/mol. The van der Waals surface area contributed by atoms with Crippen LogP contribution in [0.25, 0.3) is 16.3 Å². The molecule has 26 heavy (non-hydrogen) atoms. The number of nitrogens with zero attached hydrogens (tertiary/aromatic N) is 4. The van der Waals surface area contributed by atoms with Gasteiger partial charge < -0.3 is 5.32 Å². The summed E-state index contributed by atoms with van der Waals surface area (Å²) < 4.78 is 42.0. The molecular formula is C17H10F3N5S. The minimum absolute atomic E-state index is 0.139. The molecule has 0 radical (unpaired) electrons. The Bertz CT molecular complexity index is 1040. The molecule has 130 valence electrons. The quantitative estimate of drug-likeness (QED) is 0.570. The van der Waals surface area contributed by atoms with E-state index in [1.165, 1.54) is 46.9 Å². The van der Waals surface area contributed by atoms with Crippen molar-refractivity contribution in [3.8, 4) is 16.3 Å². The van der Waals surface area contributed by atoms with E-state index in [-0.39, 0.29) is 11.4 Å². The molecule has 5 nitrogen and oxygen atoms in total. The topological polar surface area (TPSA) is 55.6 Å². The molecule has 2 aromatic heterocycles. The van der Waals surface area contributed by atoms with Gasteiger partial charge in [0.15, 0.2) is 5.13 Å². The van der Waals surface area contributed by atoms with E-state index in [4.69, 9.17) is 0 Å². The molecule has 0 amide bonds. The van der Waals surface area contributed by atoms with Crippen molar-refractivity contribution in [1.82, 2.24) is 19.7 Å². The molecule has 0 aliphatic rings. The molecule has 0 saturated carbocycles. The first-order valence-corrected chi connectivity index (χ1v) is 8.25. The molecule has 1 N–H and O–H groups in total. The van der Waals surface area contributed by atoms with Crippen LogP contribution in [-0.4, -0.2) is 19.7 Å². The first-order chi connectivity index (χ1) is 12.6. The number of nitrogens with one attached hydrogen (secondary N) is 1. The van der Waals surface area contributed by atoms with Gasteiger partial charge in [0.05, 0.1) is 0 Å². The van der Waals surface area contributed by atoms with E-state index in [1.807, 2.05) is 0 Å². The zero-order chi connectivity index (χ0) is 18.1. The number of benzene rings is 2. The van der Waals surface area contributed by atoms with Crippen LogP contribution in [-0.2, 0) is 0 Å². The largest absolute Gasteiger partial charge is 0.331 e. The molecular weight excluding hydrogens is 363 g/mol. The van der Waals surface area contributed by atoms with Gasteiger partial charge in [-0.05, 0) is 36.4 Å². The van der Waals surface area contributed by atoms with Gasteiger partial charge in [0.2, 0.25) is 0 Å². The number of halogens is 3. The molecule has 0 aliphatic heterocycles. The van der Waals surface area contributed by atoms with Crippen LogP contribution in [0.15, 0.2) is 55.1 Å². The van der Waals surface area contributed by atoms with Crippen LogP contribution in [0.4, 0.5) is 24.0 Å². The summed E-state index contributed by atoms with van der Waals surface area (Å²) in [5.41, 5.74) is 1.05. The molecule has 0 unspecified atom stereocenters. The van der Waals surface area contributed by atoms with Crippen molar-refractivity contribution in [2.75, 3.05) is 5.32 Å². The molecule has 2 heterocycles. The van der Waals surface area contributed by atoms with Crippen LogP contribution in [0, 0.1) is 17.5 Å². The summed E-state index contributed by atoms with van der Waals surface area (Å²) in [7, 11) is 0. The maximum atomic E-state index is 14.3. The van der Waals surface area contributed by atoms with Gasteiger partial charge >= 0.3 is 0 Å². The van der Waals surface area contributed by atoms with Crippen LogP contribution in [0.1, 0.15) is 0 Å². The first kappa shape index (κ1) is 16.3. The Balaban J connectivity index is 1.79. The highest BCUT2D eigenvalue weighted by Gasteiger charge is 2.19. The SMILES string of the molecule is Fc1ccc(Nc2nc(-c3ccc(F)cc3F)c(-n3cncn3)s2)cc1. The summed E-state index contributed by atoms with van der Waals surface area (Å²) in [6.07, 6.45) is 2.80. The summed E-state index contributed by atoms with van der Waals surface area (Å²) in [6.45, 7) is 0. The molecule has 4 rings (SSSR count). The van der Waals surface area contributed by atoms with Crippen molar-refractivity contribution >= 4 is 22.2 Å². The predicted molar refractivity (Wildman–Crippen MR) is 92.1 cm³/mol. The Morgan fingerprint density at radius 3 is 2.42 bits per heavy atom. The fourth-order valence-electron chi connectivity index (χ4n) is 2.35. The van der Waals surface area contributed by atoms with Gasteiger partial charge in [-0.2, -0.15) is 5.10 Å². The molecule has 4 aromatic rings. The number of hydrogen-bond donors (Lipinski definition) is 1. The highest BCUT2D eigenvalue weighted by Crippen LogP contribution is 2.36. The fraction of sp³-hybridized carbons (Fsp3) is 0. The number of anilines is 2. The molecule has 0 fully saturated rings. The number of thiazole rings is 1. The van der Waals surface area contributed by atoms with Gasteiger partial charge in [-0.3, -0.25) is 0 Å². The van der Waals surface area contributed by atoms with Crippen LogP contribution in [0.5, 0.6) is 0 Å². The second-order valence-electron chi connectivity index (χ2n) is 5.27. The third-order valence-electron chi connectivity index (χ3n) is 3.52. The van der Waals surface area contributed by atoms with Gasteiger partial charge in [0.1, 0.15) is 40.8 Å². The van der Waals surface area contributed by atoms with Crippen molar-refractivity contribution in [3.63, 3.8) is 0 Å². The van der Waals surface area contributed by atoms with Gasteiger partial charge in [0, 0.05) is 17.3 Å². The van der Waals surface area contributed by atoms with Crippen molar-refractivity contribution in [1.29, 1.82) is 0 Å². The lowest BCUT2D eigenvalue weighted by Crippen LogP contribution is -1.96. The lowest BCUT2D eigenvalue weighted by Gasteiger charge is -2.03. The Kier molecular flexibility index (Phi) is 4.13. The molecule has 0 aliphatic carbocycles. The third-order valence-corrected chi connectivity index (χ3v) is 4.48. The standard InChI is InChI=1S/C17H10F3N5S/c18-10-1-4-12(5-2-10)23-17-24-15(13-6-3-11(19)7-14(13)20)16(26-17)25-9-21-8-22-25/h1-9H,(H,23,24). The monoisotopic (exact) mass is 373 g/mol. The van der Waals surface area contributed by atoms with Crippen molar-refractivity contribution in [3.05, 3.63) is 72.6 Å². The highest BCUT2D eigenvalue weighted by atomic mass is 32.1. The lowest BCUT2D eigenvalue weighted by atomic mass is 10.1. The van der Waals surface area contributed by atoms with E-state index in [1.54, 1.807) is 12.1 Å². The van der Waals surface area contributed by atoms with Crippen LogP contribution in [0.2, 0.25) is 0 Å². The second kappa shape index (κ2) is 6.60. The summed E-state index contributed by atoms with van der Waals surface area (Å²) in [5.74, 6) is -1.76. The van der Waals surface area contributed by atoms with Gasteiger partial charge in [0.25, 0.3) is 0 Å². The second-order valence-corrected chi connectivity index (χ2v) is 6.25. The molecule has 0 spiro atoms. The number of aromatic nitrogens is 4. The Labute approximate surface area is 149 Å². The minimum atomic E-state index is -0.731. The van der Waals surface area contributed by atoms with E-state index in [0.29, 0.717) is 21.5 Å². The van der Waals surface area contributed by atoms with Crippen LogP contribution in [0.3, 0.4) is 0 Å². The summed E-state index contributed by atoms with van der Waals surface area (Å²) in [6, 6.07) is 9.03. The molecule has 0 atom stereocenters. The average Bonchev–Trinajstić information content (AvgIpc) is 3.26. The van der Waals surface area contributed by atoms with Gasteiger partial charge in [-0.15, -0.1) is 0 Å². The molecule has 9 heteroatoms. The van der Waals surface area contributed by atoms with E-state index in [0.717, 1.165) is 12.1 Å². The first-order valence-electron chi connectivity index (χ1n) is 7.44. The molecule has 0 saturated heterocycles. The minimum Gasteiger partial charge on any atom is -0.331 e. The fourth-order valence-corrected chi connectivity index (χ4v) is 3.28. The Hall–Kier alpha value is -3.20. The maximum Gasteiger partial charge on any atom is 0.189 e. The summed E-state index contributed by atoms with van der Waals surface area (Å²) in [5, 5.41) is 8.05. The van der Waals surface area contributed by atoms with E-state index < -0.39 is 11.6 Å². The summed E-state index contributed by atoms with van der Waals surface area (Å²) in [4.78, 5) is 8.29. The molecule has 0 bridgehead atoms. The maximum absolute atomic E-state index is 14.3. The van der Waals surface area contributed by atoms with Gasteiger partial charge in [-0.1, -0.05) is 11.3 Å². The van der Waals surface area contributed by atoms with Gasteiger partial charge in [-0.25, -0.2) is 27.8 Å². The van der Waals surface area contributed by atoms with Crippen molar-refractivity contribution < 1.29 is 13.2 Å². The highest BCUT2D eigenvalue weighted by molar-refractivity contribution is 7.18. The number of rotatable bonds is 4. The van der Waals surface area contributed by atoms with Crippen LogP contribution < -0.4 is 5.32 Å². The van der Waals surface area contributed by atoms with E-state index >= 15 is 0 Å². The van der Waals surface area contributed by atoms with E-state index in [9.17, 15) is 13.2 Å². The summed E-state index contributed by atoms with van der Waals surface area (Å²) >= 11 is 1.21. The third kappa shape index (κ3) is 3.16. The zero-order valence-corrected chi connectivity index (χ0v) is 13.8. The smallest absolute Gasteiger partial charge is 0.189 e. The molecule has 2 aromatic carbocycles. The number of hydrogen-bond acceptors (Lipinski definition) is 5. The van der Waals surface area contributed by atoms with Crippen molar-refractivity contribution in [2.24, 2.45) is 0 Å². The Morgan fingerprint density at radius 1 is 0.962 bits per heavy atom. The predicted octanol–water partition coefficient (Wildman–Crippen LogP) is 4.55. The van der Waals surface area contributed by atoms with E-state index in [2.05, 4.69) is 20.4 Å². The zero-order valence-electron chi connectivity index (χ0n) is 13.0.